The number of thiophene rings is 1. The van der Waals surface area contributed by atoms with Crippen molar-refractivity contribution in [1.29, 1.82) is 0 Å². The maximum atomic E-state index is 13.4. The summed E-state index contributed by atoms with van der Waals surface area (Å²) in [5.41, 5.74) is 6.09. The predicted octanol–water partition coefficient (Wildman–Crippen LogP) is 6.03. The van der Waals surface area contributed by atoms with Crippen molar-refractivity contribution in [2.45, 2.75) is 53.5 Å². The van der Waals surface area contributed by atoms with E-state index < -0.39 is 0 Å². The van der Waals surface area contributed by atoms with E-state index >= 15 is 0 Å². The van der Waals surface area contributed by atoms with Crippen LogP contribution in [0.25, 0.3) is 21.3 Å². The van der Waals surface area contributed by atoms with Crippen LogP contribution in [-0.4, -0.2) is 15.5 Å². The van der Waals surface area contributed by atoms with Gasteiger partial charge in [0.25, 0.3) is 5.56 Å². The highest BCUT2D eigenvalue weighted by atomic mass is 32.1. The van der Waals surface area contributed by atoms with Crippen molar-refractivity contribution < 1.29 is 4.79 Å². The average molecular weight is 460 g/mol. The lowest BCUT2D eigenvalue weighted by Gasteiger charge is -2.09. The van der Waals surface area contributed by atoms with E-state index in [0.29, 0.717) is 10.2 Å². The van der Waals surface area contributed by atoms with Gasteiger partial charge in [-0.05, 0) is 68.0 Å². The number of amides is 1. The molecule has 2 aromatic carbocycles. The Morgan fingerprint density at radius 3 is 2.52 bits per heavy atom. The van der Waals surface area contributed by atoms with E-state index in [9.17, 15) is 9.59 Å². The molecule has 2 heterocycles. The van der Waals surface area contributed by atoms with Crippen LogP contribution in [0.5, 0.6) is 0 Å². The summed E-state index contributed by atoms with van der Waals surface area (Å²) in [6.45, 7) is 8.24. The van der Waals surface area contributed by atoms with Crippen molar-refractivity contribution in [3.05, 3.63) is 80.7 Å². The number of hydrogen-bond donors (Lipinski definition) is 1. The molecule has 0 saturated heterocycles. The lowest BCUT2D eigenvalue weighted by atomic mass is 9.99. The number of aryl methyl sites for hydroxylation is 4. The number of benzene rings is 2. The van der Waals surface area contributed by atoms with E-state index in [1.807, 2.05) is 37.3 Å². The first-order valence-electron chi connectivity index (χ1n) is 11.3. The molecule has 0 saturated carbocycles. The molecule has 2 aromatic heterocycles. The molecule has 33 heavy (non-hydrogen) atoms. The summed E-state index contributed by atoms with van der Waals surface area (Å²) in [6, 6.07) is 14.1. The number of fused-ring (bicyclic) bond motifs is 1. The Morgan fingerprint density at radius 2 is 1.82 bits per heavy atom. The molecule has 1 N–H and O–H groups in total. The van der Waals surface area contributed by atoms with Gasteiger partial charge in [-0.15, -0.1) is 11.3 Å². The fourth-order valence-corrected chi connectivity index (χ4v) is 4.99. The molecule has 0 aliphatic carbocycles. The number of rotatable bonds is 7. The number of carbonyl (C=O) groups excluding carboxylic acids is 1. The van der Waals surface area contributed by atoms with E-state index in [-0.39, 0.29) is 18.0 Å². The highest BCUT2D eigenvalue weighted by Crippen LogP contribution is 2.36. The van der Waals surface area contributed by atoms with Gasteiger partial charge in [0.05, 0.1) is 11.7 Å². The van der Waals surface area contributed by atoms with Gasteiger partial charge in [-0.1, -0.05) is 43.7 Å². The Kier molecular flexibility index (Phi) is 6.75. The maximum Gasteiger partial charge on any atom is 0.263 e. The zero-order chi connectivity index (χ0) is 23.5. The van der Waals surface area contributed by atoms with Gasteiger partial charge >= 0.3 is 0 Å². The lowest BCUT2D eigenvalue weighted by molar-refractivity contribution is -0.116. The summed E-state index contributed by atoms with van der Waals surface area (Å²) >= 11 is 1.51. The summed E-state index contributed by atoms with van der Waals surface area (Å²) in [5.74, 6) is -0.251. The van der Waals surface area contributed by atoms with Gasteiger partial charge in [0.2, 0.25) is 5.91 Å². The first-order chi connectivity index (χ1) is 15.9. The van der Waals surface area contributed by atoms with Crippen molar-refractivity contribution in [2.75, 3.05) is 5.32 Å². The minimum Gasteiger partial charge on any atom is -0.325 e. The molecule has 0 unspecified atom stereocenters. The second-order valence-electron chi connectivity index (χ2n) is 8.54. The largest absolute Gasteiger partial charge is 0.325 e. The Balaban J connectivity index is 1.60. The van der Waals surface area contributed by atoms with Crippen LogP contribution in [0.3, 0.4) is 0 Å². The van der Waals surface area contributed by atoms with Crippen LogP contribution in [0.4, 0.5) is 5.69 Å². The average Bonchev–Trinajstić information content (AvgIpc) is 3.14. The second kappa shape index (κ2) is 9.71. The van der Waals surface area contributed by atoms with Crippen molar-refractivity contribution in [2.24, 2.45) is 0 Å². The number of nitrogens with zero attached hydrogens (tertiary/aromatic N) is 2. The smallest absolute Gasteiger partial charge is 0.263 e. The zero-order valence-corrected chi connectivity index (χ0v) is 20.4. The van der Waals surface area contributed by atoms with E-state index in [0.717, 1.165) is 41.0 Å². The monoisotopic (exact) mass is 459 g/mol. The summed E-state index contributed by atoms with van der Waals surface area (Å²) in [5, 5.41) is 3.47. The Labute approximate surface area is 198 Å². The van der Waals surface area contributed by atoms with Crippen molar-refractivity contribution in [1.82, 2.24) is 9.55 Å². The van der Waals surface area contributed by atoms with Crippen LogP contribution in [-0.2, 0) is 17.8 Å². The van der Waals surface area contributed by atoms with E-state index in [2.05, 4.69) is 43.2 Å². The molecule has 1 amide bonds. The molecule has 5 nitrogen and oxygen atoms in total. The van der Waals surface area contributed by atoms with Gasteiger partial charge in [0, 0.05) is 16.1 Å². The van der Waals surface area contributed by atoms with Crippen molar-refractivity contribution in [3.63, 3.8) is 0 Å². The molecule has 0 radical (unpaired) electrons. The van der Waals surface area contributed by atoms with Gasteiger partial charge in [-0.3, -0.25) is 14.2 Å². The quantitative estimate of drug-likeness (QED) is 0.367. The van der Waals surface area contributed by atoms with E-state index in [1.165, 1.54) is 38.9 Å². The fourth-order valence-electron chi connectivity index (χ4n) is 3.99. The van der Waals surface area contributed by atoms with Crippen LogP contribution in [0, 0.1) is 20.8 Å². The zero-order valence-electron chi connectivity index (χ0n) is 19.6. The molecule has 0 fully saturated rings. The third kappa shape index (κ3) is 4.91. The number of unbranched alkanes of at least 4 members (excludes halogenated alkanes) is 1. The third-order valence-electron chi connectivity index (χ3n) is 6.02. The highest BCUT2D eigenvalue weighted by molar-refractivity contribution is 7.19. The highest BCUT2D eigenvalue weighted by Gasteiger charge is 2.18. The van der Waals surface area contributed by atoms with Crippen molar-refractivity contribution >= 4 is 33.1 Å². The van der Waals surface area contributed by atoms with Crippen LogP contribution in [0.1, 0.15) is 41.3 Å². The minimum atomic E-state index is -0.251. The fraction of sp³-hybridized carbons (Fsp3) is 0.296. The summed E-state index contributed by atoms with van der Waals surface area (Å²) in [7, 11) is 0. The molecule has 6 heteroatoms. The molecule has 4 aromatic rings. The minimum absolute atomic E-state index is 0.0827. The van der Waals surface area contributed by atoms with Crippen LogP contribution in [0.2, 0.25) is 0 Å². The van der Waals surface area contributed by atoms with Crippen LogP contribution >= 0.6 is 11.3 Å². The standard InChI is InChI=1S/C27H29N3O2S/c1-5-6-7-20-9-12-22(13-10-20)29-23(31)15-30-16-28-26-25(27(30)32)24(19(4)33-26)21-11-8-17(2)18(3)14-21/h8-14,16H,5-7,15H2,1-4H3,(H,29,31). The topological polar surface area (TPSA) is 64.0 Å². The van der Waals surface area contributed by atoms with Gasteiger partial charge in [0.1, 0.15) is 11.4 Å². The first-order valence-corrected chi connectivity index (χ1v) is 12.1. The SMILES string of the molecule is CCCCc1ccc(NC(=O)Cn2cnc3sc(C)c(-c4ccc(C)c(C)c4)c3c2=O)cc1. The Bertz CT molecular complexity index is 1370. The van der Waals surface area contributed by atoms with E-state index in [4.69, 9.17) is 0 Å². The predicted molar refractivity (Wildman–Crippen MR) is 137 cm³/mol. The molecule has 0 aliphatic heterocycles. The maximum absolute atomic E-state index is 13.4. The van der Waals surface area contributed by atoms with Gasteiger partial charge in [-0.25, -0.2) is 4.98 Å². The van der Waals surface area contributed by atoms with Gasteiger partial charge < -0.3 is 5.32 Å². The number of aromatic nitrogens is 2. The second-order valence-corrected chi connectivity index (χ2v) is 9.74. The van der Waals surface area contributed by atoms with Crippen molar-refractivity contribution in [3.8, 4) is 11.1 Å². The number of carbonyl (C=O) groups is 1. The number of nitrogens with one attached hydrogen (secondary N) is 1. The molecule has 0 spiro atoms. The summed E-state index contributed by atoms with van der Waals surface area (Å²) in [6.07, 6.45) is 4.81. The van der Waals surface area contributed by atoms with Gasteiger partial charge in [0.15, 0.2) is 0 Å². The number of anilines is 1. The summed E-state index contributed by atoms with van der Waals surface area (Å²) < 4.78 is 1.39. The molecular weight excluding hydrogens is 430 g/mol. The van der Waals surface area contributed by atoms with Gasteiger partial charge in [-0.2, -0.15) is 0 Å². The first kappa shape index (κ1) is 22.9. The summed E-state index contributed by atoms with van der Waals surface area (Å²) in [4.78, 5) is 32.3. The molecule has 0 aliphatic rings. The Hall–Kier alpha value is -3.25. The van der Waals surface area contributed by atoms with E-state index in [1.54, 1.807) is 0 Å². The molecule has 0 atom stereocenters. The molecule has 170 valence electrons. The normalized spacial score (nSPS) is 11.2. The number of hydrogen-bond acceptors (Lipinski definition) is 4. The molecule has 0 bridgehead atoms. The molecule has 4 rings (SSSR count). The van der Waals surface area contributed by atoms with Crippen LogP contribution in [0.15, 0.2) is 53.6 Å². The lowest BCUT2D eigenvalue weighted by Crippen LogP contribution is -2.27. The third-order valence-corrected chi connectivity index (χ3v) is 7.03. The van der Waals surface area contributed by atoms with Crippen LogP contribution < -0.4 is 10.9 Å². The molecular formula is C27H29N3O2S. The Morgan fingerprint density at radius 1 is 1.06 bits per heavy atom.